The third kappa shape index (κ3) is 3.77. The van der Waals surface area contributed by atoms with Gasteiger partial charge in [-0.2, -0.15) is 0 Å². The number of benzene rings is 1. The first-order valence-corrected chi connectivity index (χ1v) is 6.32. The second-order valence-electron chi connectivity index (χ2n) is 4.90. The Kier molecular flexibility index (Phi) is 5.72. The van der Waals surface area contributed by atoms with Crippen LogP contribution in [-0.2, 0) is 0 Å². The van der Waals surface area contributed by atoms with Crippen molar-refractivity contribution >= 4 is 0 Å². The van der Waals surface area contributed by atoms with Gasteiger partial charge in [-0.3, -0.25) is 0 Å². The molecular weight excluding hydrogens is 231 g/mol. The predicted molar refractivity (Wildman–Crippen MR) is 71.8 cm³/mol. The molecule has 3 nitrogen and oxygen atoms in total. The van der Waals surface area contributed by atoms with E-state index in [2.05, 4.69) is 5.32 Å². The van der Waals surface area contributed by atoms with E-state index in [1.807, 2.05) is 20.8 Å². The van der Waals surface area contributed by atoms with Crippen molar-refractivity contribution in [3.63, 3.8) is 0 Å². The third-order valence-corrected chi connectivity index (χ3v) is 3.45. The van der Waals surface area contributed by atoms with Crippen LogP contribution in [0.1, 0.15) is 31.0 Å². The molecule has 0 aliphatic rings. The number of hydrogen-bond acceptors (Lipinski definition) is 3. The van der Waals surface area contributed by atoms with Gasteiger partial charge in [-0.05, 0) is 43.0 Å². The number of hydrogen-bond donors (Lipinski definition) is 3. The molecule has 1 aromatic rings. The second kappa shape index (κ2) is 6.83. The lowest BCUT2D eigenvalue weighted by Crippen LogP contribution is -2.40. The quantitative estimate of drug-likeness (QED) is 0.725. The molecule has 18 heavy (non-hydrogen) atoms. The van der Waals surface area contributed by atoms with Crippen molar-refractivity contribution < 1.29 is 9.50 Å². The summed E-state index contributed by atoms with van der Waals surface area (Å²) in [4.78, 5) is 0. The number of nitrogens with one attached hydrogen (secondary N) is 1. The predicted octanol–water partition coefficient (Wildman–Crippen LogP) is 1.74. The molecule has 3 atom stereocenters. The first-order chi connectivity index (χ1) is 8.49. The number of halogens is 1. The minimum atomic E-state index is -0.233. The molecular formula is C14H23FN2O. The fraction of sp³-hybridized carbons (Fsp3) is 0.571. The maximum atomic E-state index is 13.1. The van der Waals surface area contributed by atoms with Gasteiger partial charge < -0.3 is 16.2 Å². The van der Waals surface area contributed by atoms with E-state index in [1.54, 1.807) is 6.07 Å². The van der Waals surface area contributed by atoms with Gasteiger partial charge >= 0.3 is 0 Å². The van der Waals surface area contributed by atoms with Crippen LogP contribution in [0.25, 0.3) is 0 Å². The van der Waals surface area contributed by atoms with Crippen molar-refractivity contribution in [3.8, 4) is 0 Å². The molecule has 1 aromatic carbocycles. The summed E-state index contributed by atoms with van der Waals surface area (Å²) in [6, 6.07) is 4.86. The van der Waals surface area contributed by atoms with Crippen LogP contribution < -0.4 is 11.1 Å². The van der Waals surface area contributed by atoms with E-state index in [-0.39, 0.29) is 30.4 Å². The van der Waals surface area contributed by atoms with Crippen LogP contribution >= 0.6 is 0 Å². The molecule has 0 fully saturated rings. The van der Waals surface area contributed by atoms with Gasteiger partial charge in [0.15, 0.2) is 0 Å². The highest BCUT2D eigenvalue weighted by atomic mass is 19.1. The van der Waals surface area contributed by atoms with Crippen molar-refractivity contribution in [1.82, 2.24) is 5.32 Å². The number of aliphatic hydroxyl groups excluding tert-OH is 1. The number of rotatable bonds is 6. The van der Waals surface area contributed by atoms with Crippen LogP contribution in [-0.4, -0.2) is 24.3 Å². The molecule has 4 N–H and O–H groups in total. The van der Waals surface area contributed by atoms with Gasteiger partial charge in [0, 0.05) is 25.2 Å². The molecule has 0 amide bonds. The molecule has 0 aliphatic heterocycles. The van der Waals surface area contributed by atoms with E-state index >= 15 is 0 Å². The van der Waals surface area contributed by atoms with E-state index in [0.29, 0.717) is 6.54 Å². The Labute approximate surface area is 108 Å². The highest BCUT2D eigenvalue weighted by Crippen LogP contribution is 2.19. The second-order valence-corrected chi connectivity index (χ2v) is 4.90. The largest absolute Gasteiger partial charge is 0.396 e. The van der Waals surface area contributed by atoms with Crippen molar-refractivity contribution in [2.75, 3.05) is 13.2 Å². The highest BCUT2D eigenvalue weighted by Gasteiger charge is 2.18. The molecule has 0 radical (unpaired) electrons. The molecule has 3 unspecified atom stereocenters. The van der Waals surface area contributed by atoms with Crippen molar-refractivity contribution in [2.24, 2.45) is 11.7 Å². The summed E-state index contributed by atoms with van der Waals surface area (Å²) >= 11 is 0. The van der Waals surface area contributed by atoms with Crippen LogP contribution in [0.4, 0.5) is 4.39 Å². The van der Waals surface area contributed by atoms with E-state index in [9.17, 15) is 4.39 Å². The first-order valence-electron chi connectivity index (χ1n) is 6.32. The lowest BCUT2D eigenvalue weighted by atomic mass is 9.98. The van der Waals surface area contributed by atoms with E-state index in [1.165, 1.54) is 12.1 Å². The SMILES string of the molecule is Cc1cc(F)ccc1C(CN)NC(C)C(C)CO. The molecule has 0 bridgehead atoms. The van der Waals surface area contributed by atoms with Gasteiger partial charge in [-0.15, -0.1) is 0 Å². The monoisotopic (exact) mass is 254 g/mol. The Morgan fingerprint density at radius 3 is 2.56 bits per heavy atom. The van der Waals surface area contributed by atoms with Crippen molar-refractivity contribution in [3.05, 3.63) is 35.1 Å². The van der Waals surface area contributed by atoms with E-state index < -0.39 is 0 Å². The van der Waals surface area contributed by atoms with Gasteiger partial charge in [0.25, 0.3) is 0 Å². The fourth-order valence-electron chi connectivity index (χ4n) is 1.95. The van der Waals surface area contributed by atoms with E-state index in [0.717, 1.165) is 11.1 Å². The zero-order valence-electron chi connectivity index (χ0n) is 11.3. The molecule has 1 rings (SSSR count). The van der Waals surface area contributed by atoms with Crippen LogP contribution in [0, 0.1) is 18.7 Å². The molecule has 0 saturated heterocycles. The smallest absolute Gasteiger partial charge is 0.123 e. The Hall–Kier alpha value is -0.970. The van der Waals surface area contributed by atoms with Gasteiger partial charge in [0.2, 0.25) is 0 Å². The zero-order chi connectivity index (χ0) is 13.7. The average Bonchev–Trinajstić information content (AvgIpc) is 2.35. The number of aliphatic hydroxyl groups is 1. The lowest BCUT2D eigenvalue weighted by Gasteiger charge is -2.27. The summed E-state index contributed by atoms with van der Waals surface area (Å²) in [5, 5.41) is 12.5. The molecule has 4 heteroatoms. The Morgan fingerprint density at radius 2 is 2.06 bits per heavy atom. The van der Waals surface area contributed by atoms with Crippen molar-refractivity contribution in [2.45, 2.75) is 32.9 Å². The van der Waals surface area contributed by atoms with Gasteiger partial charge in [-0.25, -0.2) is 4.39 Å². The van der Waals surface area contributed by atoms with Crippen molar-refractivity contribution in [1.29, 1.82) is 0 Å². The van der Waals surface area contributed by atoms with Crippen LogP contribution in [0.3, 0.4) is 0 Å². The Bertz CT molecular complexity index is 384. The summed E-state index contributed by atoms with van der Waals surface area (Å²) in [5.41, 5.74) is 7.68. The van der Waals surface area contributed by atoms with Gasteiger partial charge in [-0.1, -0.05) is 13.0 Å². The van der Waals surface area contributed by atoms with Crippen LogP contribution in [0.2, 0.25) is 0 Å². The molecule has 0 heterocycles. The minimum absolute atomic E-state index is 0.0189. The first kappa shape index (κ1) is 15.1. The van der Waals surface area contributed by atoms with E-state index in [4.69, 9.17) is 10.8 Å². The van der Waals surface area contributed by atoms with Gasteiger partial charge in [0.1, 0.15) is 5.82 Å². The zero-order valence-corrected chi connectivity index (χ0v) is 11.3. The summed E-state index contributed by atoms with van der Waals surface area (Å²) < 4.78 is 13.1. The van der Waals surface area contributed by atoms with Crippen LogP contribution in [0.5, 0.6) is 0 Å². The summed E-state index contributed by atoms with van der Waals surface area (Å²) in [7, 11) is 0. The molecule has 102 valence electrons. The maximum Gasteiger partial charge on any atom is 0.123 e. The molecule has 0 spiro atoms. The maximum absolute atomic E-state index is 13.1. The standard InChI is InChI=1S/C14H23FN2O/c1-9-6-12(15)4-5-13(9)14(7-16)17-11(3)10(2)8-18/h4-6,10-11,14,17-18H,7-8,16H2,1-3H3. The normalized spacial score (nSPS) is 16.3. The summed E-state index contributed by atoms with van der Waals surface area (Å²) in [6.07, 6.45) is 0. The third-order valence-electron chi connectivity index (χ3n) is 3.45. The topological polar surface area (TPSA) is 58.3 Å². The van der Waals surface area contributed by atoms with Crippen LogP contribution in [0.15, 0.2) is 18.2 Å². The summed E-state index contributed by atoms with van der Waals surface area (Å²) in [6.45, 7) is 6.44. The molecule has 0 saturated carbocycles. The molecule has 0 aliphatic carbocycles. The number of nitrogens with two attached hydrogens (primary N) is 1. The highest BCUT2D eigenvalue weighted by molar-refractivity contribution is 5.29. The Morgan fingerprint density at radius 1 is 1.39 bits per heavy atom. The summed E-state index contributed by atoms with van der Waals surface area (Å²) in [5.74, 6) is -0.0800. The molecule has 0 aromatic heterocycles. The number of aryl methyl sites for hydroxylation is 1. The minimum Gasteiger partial charge on any atom is -0.396 e. The van der Waals surface area contributed by atoms with Gasteiger partial charge in [0.05, 0.1) is 0 Å². The lowest BCUT2D eigenvalue weighted by molar-refractivity contribution is 0.201. The fourth-order valence-corrected chi connectivity index (χ4v) is 1.95. The average molecular weight is 254 g/mol. The Balaban J connectivity index is 2.83.